The van der Waals surface area contributed by atoms with Gasteiger partial charge in [-0.25, -0.2) is 9.78 Å². The summed E-state index contributed by atoms with van der Waals surface area (Å²) in [5.41, 5.74) is -1.15. The summed E-state index contributed by atoms with van der Waals surface area (Å²) in [6.07, 6.45) is 3.08. The number of Topliss-reactive ketones (excluding diaryl/α,β-unsaturated/α-hetero) is 1. The van der Waals surface area contributed by atoms with E-state index in [1.165, 1.54) is 0 Å². The van der Waals surface area contributed by atoms with Gasteiger partial charge in [0.1, 0.15) is 12.2 Å². The summed E-state index contributed by atoms with van der Waals surface area (Å²) >= 11 is 0. The lowest BCUT2D eigenvalue weighted by Gasteiger charge is -2.64. The minimum Gasteiger partial charge on any atom is -0.459 e. The van der Waals surface area contributed by atoms with Gasteiger partial charge in [0, 0.05) is 11.8 Å². The second-order valence-electron chi connectivity index (χ2n) is 8.51. The van der Waals surface area contributed by atoms with Gasteiger partial charge in [0.15, 0.2) is 11.4 Å². The lowest BCUT2D eigenvalue weighted by atomic mass is 9.45. The topological polar surface area (TPSA) is 61.8 Å². The Kier molecular flexibility index (Phi) is 3.88. The van der Waals surface area contributed by atoms with E-state index in [2.05, 4.69) is 13.8 Å². The van der Waals surface area contributed by atoms with Gasteiger partial charge in [-0.3, -0.25) is 9.59 Å². The van der Waals surface area contributed by atoms with Crippen LogP contribution < -0.4 is 0 Å². The molecule has 0 aromatic heterocycles. The van der Waals surface area contributed by atoms with Crippen molar-refractivity contribution in [2.24, 2.45) is 16.7 Å². The van der Waals surface area contributed by atoms with Gasteiger partial charge in [0.2, 0.25) is 0 Å². The van der Waals surface area contributed by atoms with E-state index in [-0.39, 0.29) is 40.7 Å². The van der Waals surface area contributed by atoms with Crippen molar-refractivity contribution in [1.29, 1.82) is 0 Å². The molecule has 5 heteroatoms. The molecule has 0 N–H and O–H groups in total. The summed E-state index contributed by atoms with van der Waals surface area (Å²) in [5, 5.41) is 0. The predicted octanol–water partition coefficient (Wildman–Crippen LogP) is 3.20. The standard InChI is InChI=1S/C18H28O5/c1-11(2)15(20)21-12-6-9-18-10-13(12)22-23-17(18,5)14(19)7-8-16(18,3)4/h11-13H,6-10H2,1-5H3/t12?,13?,17-,18+/m1/s1. The van der Waals surface area contributed by atoms with E-state index in [9.17, 15) is 9.59 Å². The molecule has 130 valence electrons. The maximum absolute atomic E-state index is 12.6. The molecule has 3 rings (SSSR count). The molecule has 1 heterocycles. The summed E-state index contributed by atoms with van der Waals surface area (Å²) in [4.78, 5) is 35.8. The monoisotopic (exact) mass is 324 g/mol. The smallest absolute Gasteiger partial charge is 0.308 e. The number of fused-ring (bicyclic) bond motifs is 1. The van der Waals surface area contributed by atoms with Crippen molar-refractivity contribution >= 4 is 11.8 Å². The largest absolute Gasteiger partial charge is 0.459 e. The first-order valence-corrected chi connectivity index (χ1v) is 8.71. The number of esters is 1. The highest BCUT2D eigenvalue weighted by Gasteiger charge is 2.69. The van der Waals surface area contributed by atoms with Gasteiger partial charge in [-0.15, -0.1) is 0 Å². The molecule has 1 aliphatic heterocycles. The Morgan fingerprint density at radius 2 is 1.96 bits per heavy atom. The summed E-state index contributed by atoms with van der Waals surface area (Å²) in [7, 11) is 0. The average molecular weight is 324 g/mol. The summed E-state index contributed by atoms with van der Waals surface area (Å²) in [6, 6.07) is 0. The van der Waals surface area contributed by atoms with Crippen LogP contribution in [0.5, 0.6) is 0 Å². The molecule has 2 saturated carbocycles. The highest BCUT2D eigenvalue weighted by molar-refractivity contribution is 5.89. The maximum Gasteiger partial charge on any atom is 0.308 e. The van der Waals surface area contributed by atoms with Crippen LogP contribution in [-0.4, -0.2) is 29.6 Å². The molecule has 0 radical (unpaired) electrons. The third-order valence-corrected chi connectivity index (χ3v) is 6.62. The zero-order valence-corrected chi connectivity index (χ0v) is 14.8. The van der Waals surface area contributed by atoms with Crippen LogP contribution in [0, 0.1) is 16.7 Å². The fraction of sp³-hybridized carbons (Fsp3) is 0.889. The van der Waals surface area contributed by atoms with Gasteiger partial charge in [-0.05, 0) is 38.0 Å². The second kappa shape index (κ2) is 5.28. The fourth-order valence-electron chi connectivity index (χ4n) is 4.82. The molecule has 1 saturated heterocycles. The van der Waals surface area contributed by atoms with Crippen LogP contribution in [0.1, 0.15) is 66.7 Å². The molecule has 23 heavy (non-hydrogen) atoms. The Morgan fingerprint density at radius 3 is 2.61 bits per heavy atom. The zero-order chi connectivity index (χ0) is 17.0. The van der Waals surface area contributed by atoms with Gasteiger partial charge in [0.25, 0.3) is 0 Å². The number of hydrogen-bond donors (Lipinski definition) is 0. The van der Waals surface area contributed by atoms with E-state index in [0.29, 0.717) is 12.8 Å². The molecule has 1 spiro atoms. The Labute approximate surface area is 138 Å². The minimum atomic E-state index is -0.891. The van der Waals surface area contributed by atoms with Crippen LogP contribution in [0.3, 0.4) is 0 Å². The van der Waals surface area contributed by atoms with Crippen LogP contribution in [-0.2, 0) is 24.1 Å². The van der Waals surface area contributed by atoms with Crippen LogP contribution in [0.4, 0.5) is 0 Å². The Morgan fingerprint density at radius 1 is 1.26 bits per heavy atom. The molecule has 0 aromatic rings. The van der Waals surface area contributed by atoms with Crippen LogP contribution >= 0.6 is 0 Å². The Bertz CT molecular complexity index is 526. The second-order valence-corrected chi connectivity index (χ2v) is 8.51. The quantitative estimate of drug-likeness (QED) is 0.576. The molecule has 3 fully saturated rings. The van der Waals surface area contributed by atoms with Crippen molar-refractivity contribution in [3.63, 3.8) is 0 Å². The van der Waals surface area contributed by atoms with Crippen molar-refractivity contribution in [3.8, 4) is 0 Å². The number of hydrogen-bond acceptors (Lipinski definition) is 5. The molecular weight excluding hydrogens is 296 g/mol. The minimum absolute atomic E-state index is 0.00921. The van der Waals surface area contributed by atoms with E-state index in [1.54, 1.807) is 0 Å². The first-order valence-electron chi connectivity index (χ1n) is 8.71. The van der Waals surface area contributed by atoms with Gasteiger partial charge in [0.05, 0.1) is 5.92 Å². The highest BCUT2D eigenvalue weighted by atomic mass is 17.2. The molecule has 2 unspecified atom stereocenters. The van der Waals surface area contributed by atoms with Gasteiger partial charge < -0.3 is 4.74 Å². The fourth-order valence-corrected chi connectivity index (χ4v) is 4.82. The molecule has 2 bridgehead atoms. The molecule has 4 atom stereocenters. The van der Waals surface area contributed by atoms with Crippen LogP contribution in [0.2, 0.25) is 0 Å². The Hall–Kier alpha value is -0.940. The molecule has 0 amide bonds. The van der Waals surface area contributed by atoms with Crippen molar-refractivity contribution in [2.45, 2.75) is 84.5 Å². The first kappa shape index (κ1) is 16.9. The lowest BCUT2D eigenvalue weighted by molar-refractivity contribution is -0.456. The highest BCUT2D eigenvalue weighted by Crippen LogP contribution is 2.64. The average Bonchev–Trinajstić information content (AvgIpc) is 2.49. The number of carbonyl (C=O) groups is 2. The Balaban J connectivity index is 1.87. The summed E-state index contributed by atoms with van der Waals surface area (Å²) in [6.45, 7) is 9.98. The van der Waals surface area contributed by atoms with Gasteiger partial charge in [-0.1, -0.05) is 27.7 Å². The molecule has 5 nitrogen and oxygen atoms in total. The summed E-state index contributed by atoms with van der Waals surface area (Å²) in [5.74, 6) is -0.233. The number of rotatable bonds is 2. The molecule has 0 aromatic carbocycles. The zero-order valence-electron chi connectivity index (χ0n) is 14.8. The molecule has 3 aliphatic rings. The molecule has 2 aliphatic carbocycles. The lowest BCUT2D eigenvalue weighted by Crippen LogP contribution is -2.70. The number of carbonyl (C=O) groups excluding carboxylic acids is 2. The van der Waals surface area contributed by atoms with E-state index in [1.807, 2.05) is 20.8 Å². The van der Waals surface area contributed by atoms with E-state index in [4.69, 9.17) is 14.5 Å². The predicted molar refractivity (Wildman–Crippen MR) is 83.4 cm³/mol. The van der Waals surface area contributed by atoms with Crippen molar-refractivity contribution in [3.05, 3.63) is 0 Å². The third kappa shape index (κ3) is 2.27. The first-order chi connectivity index (χ1) is 10.6. The van der Waals surface area contributed by atoms with Gasteiger partial charge in [-0.2, -0.15) is 0 Å². The normalized spacial score (nSPS) is 42.3. The SMILES string of the molecule is CC(C)C(=O)OC1CC[C@@]23CC1OO[C@]2(C)C(=O)CCC3(C)C. The molecular formula is C18H28O5. The number of ether oxygens (including phenoxy) is 1. The number of ketones is 1. The maximum atomic E-state index is 12.6. The van der Waals surface area contributed by atoms with Crippen LogP contribution in [0.15, 0.2) is 0 Å². The van der Waals surface area contributed by atoms with E-state index >= 15 is 0 Å². The third-order valence-electron chi connectivity index (χ3n) is 6.62. The summed E-state index contributed by atoms with van der Waals surface area (Å²) < 4.78 is 5.61. The van der Waals surface area contributed by atoms with Crippen LogP contribution in [0.25, 0.3) is 0 Å². The van der Waals surface area contributed by atoms with E-state index in [0.717, 1.165) is 19.3 Å². The van der Waals surface area contributed by atoms with Gasteiger partial charge >= 0.3 is 5.97 Å². The van der Waals surface area contributed by atoms with Crippen molar-refractivity contribution in [1.82, 2.24) is 0 Å². The van der Waals surface area contributed by atoms with E-state index < -0.39 is 5.60 Å². The van der Waals surface area contributed by atoms with Crippen molar-refractivity contribution < 1.29 is 24.1 Å². The van der Waals surface area contributed by atoms with Crippen molar-refractivity contribution in [2.75, 3.05) is 0 Å².